The quantitative estimate of drug-likeness (QED) is 0.671. The van der Waals surface area contributed by atoms with Crippen molar-refractivity contribution < 1.29 is 36.1 Å². The van der Waals surface area contributed by atoms with Gasteiger partial charge in [-0.2, -0.15) is 0 Å². The standard InChI is InChI=1S/C23H27N2O3.BrH/c1-2-17-6-9-19(10-7-17)24-16-23(26,25-12-4-3-5-22(24)25)18-8-11-20-21(15-18)28-14-13-27-20;/h6-11,15,26H,2-5,12-14,16H2,1H3;1H/q+1;/p-1. The van der Waals surface area contributed by atoms with E-state index in [1.807, 2.05) is 18.2 Å². The van der Waals surface area contributed by atoms with E-state index >= 15 is 0 Å². The highest BCUT2D eigenvalue weighted by Gasteiger charge is 2.52. The van der Waals surface area contributed by atoms with Crippen molar-refractivity contribution in [2.75, 3.05) is 31.2 Å². The number of β-amino-alcohol motifs (C(OH)–C–C–N with tert-alkyl or cyclic N) is 1. The number of ether oxygens (including phenoxy) is 2. The zero-order valence-corrected chi connectivity index (χ0v) is 18.3. The summed E-state index contributed by atoms with van der Waals surface area (Å²) in [5.74, 6) is 2.70. The van der Waals surface area contributed by atoms with Crippen LogP contribution in [0, 0.1) is 0 Å². The average molecular weight is 459 g/mol. The molecule has 0 radical (unpaired) electrons. The Morgan fingerprint density at radius 3 is 2.55 bits per heavy atom. The van der Waals surface area contributed by atoms with E-state index in [1.165, 1.54) is 11.4 Å². The van der Waals surface area contributed by atoms with Crippen molar-refractivity contribution in [3.8, 4) is 11.5 Å². The Morgan fingerprint density at radius 2 is 1.79 bits per heavy atom. The molecule has 3 aliphatic heterocycles. The fourth-order valence-corrected chi connectivity index (χ4v) is 4.58. The molecule has 3 aliphatic rings. The zero-order valence-electron chi connectivity index (χ0n) is 16.7. The van der Waals surface area contributed by atoms with Crippen molar-refractivity contribution >= 4 is 11.5 Å². The van der Waals surface area contributed by atoms with Crippen molar-refractivity contribution in [2.45, 2.75) is 38.3 Å². The fourth-order valence-electron chi connectivity index (χ4n) is 4.58. The molecule has 0 fully saturated rings. The second kappa shape index (κ2) is 8.00. The van der Waals surface area contributed by atoms with Crippen LogP contribution in [0.25, 0.3) is 0 Å². The van der Waals surface area contributed by atoms with E-state index in [0.717, 1.165) is 55.0 Å². The molecule has 1 unspecified atom stereocenters. The van der Waals surface area contributed by atoms with Gasteiger partial charge in [0.1, 0.15) is 18.9 Å². The predicted molar refractivity (Wildman–Crippen MR) is 108 cm³/mol. The Labute approximate surface area is 182 Å². The van der Waals surface area contributed by atoms with Gasteiger partial charge >= 0.3 is 0 Å². The van der Waals surface area contributed by atoms with E-state index in [2.05, 4.69) is 40.7 Å². The Balaban J connectivity index is 0.00000205. The van der Waals surface area contributed by atoms with Crippen molar-refractivity contribution in [2.24, 2.45) is 0 Å². The lowest BCUT2D eigenvalue weighted by Crippen LogP contribution is -3.00. The molecule has 154 valence electrons. The van der Waals surface area contributed by atoms with Crippen LogP contribution in [0.3, 0.4) is 0 Å². The van der Waals surface area contributed by atoms with E-state index in [4.69, 9.17) is 9.47 Å². The number of benzene rings is 2. The van der Waals surface area contributed by atoms with Gasteiger partial charge in [0.15, 0.2) is 18.0 Å². The number of fused-ring (bicyclic) bond motifs is 1. The molecule has 0 saturated heterocycles. The molecule has 1 atom stereocenters. The molecule has 2 aromatic carbocycles. The maximum absolute atomic E-state index is 11.9. The summed E-state index contributed by atoms with van der Waals surface area (Å²) in [5, 5.41) is 11.9. The van der Waals surface area contributed by atoms with Crippen LogP contribution in [0.1, 0.15) is 37.3 Å². The van der Waals surface area contributed by atoms with Gasteiger partial charge in [-0.3, -0.25) is 0 Å². The first-order chi connectivity index (χ1) is 13.7. The zero-order chi connectivity index (χ0) is 19.1. The maximum Gasteiger partial charge on any atom is 0.271 e. The fraction of sp³-hybridized carbons (Fsp3) is 0.435. The van der Waals surface area contributed by atoms with Crippen LogP contribution in [0.5, 0.6) is 11.5 Å². The van der Waals surface area contributed by atoms with Crippen LogP contribution in [0.4, 0.5) is 5.69 Å². The minimum Gasteiger partial charge on any atom is -1.00 e. The van der Waals surface area contributed by atoms with Crippen LogP contribution in [0.2, 0.25) is 0 Å². The van der Waals surface area contributed by atoms with Gasteiger partial charge in [-0.05, 0) is 55.2 Å². The monoisotopic (exact) mass is 458 g/mol. The Bertz CT molecular complexity index is 928. The van der Waals surface area contributed by atoms with Gasteiger partial charge in [0.2, 0.25) is 0 Å². The van der Waals surface area contributed by atoms with E-state index in [0.29, 0.717) is 19.8 Å². The summed E-state index contributed by atoms with van der Waals surface area (Å²) < 4.78 is 13.6. The highest BCUT2D eigenvalue weighted by Crippen LogP contribution is 2.39. The summed E-state index contributed by atoms with van der Waals surface area (Å²) in [6, 6.07) is 14.6. The number of aliphatic hydroxyl groups is 1. The van der Waals surface area contributed by atoms with E-state index in [1.54, 1.807) is 0 Å². The normalized spacial score (nSPS) is 22.9. The smallest absolute Gasteiger partial charge is 0.271 e. The molecule has 29 heavy (non-hydrogen) atoms. The van der Waals surface area contributed by atoms with Crippen molar-refractivity contribution in [1.82, 2.24) is 0 Å². The number of amidine groups is 1. The molecule has 0 aliphatic carbocycles. The molecule has 3 heterocycles. The minimum atomic E-state index is -1.06. The third-order valence-electron chi connectivity index (χ3n) is 6.14. The van der Waals surface area contributed by atoms with Crippen LogP contribution >= 0.6 is 0 Å². The highest BCUT2D eigenvalue weighted by atomic mass is 79.9. The number of rotatable bonds is 3. The van der Waals surface area contributed by atoms with Gasteiger partial charge in [-0.1, -0.05) is 19.1 Å². The Hall–Kier alpha value is -2.05. The second-order valence-corrected chi connectivity index (χ2v) is 7.81. The van der Waals surface area contributed by atoms with Crippen molar-refractivity contribution in [3.63, 3.8) is 0 Å². The van der Waals surface area contributed by atoms with Crippen molar-refractivity contribution in [1.29, 1.82) is 0 Å². The van der Waals surface area contributed by atoms with Gasteiger partial charge in [-0.15, -0.1) is 0 Å². The molecule has 2 aromatic rings. The molecule has 5 nitrogen and oxygen atoms in total. The van der Waals surface area contributed by atoms with Crippen LogP contribution < -0.4 is 31.4 Å². The number of aryl methyl sites for hydroxylation is 1. The molecule has 5 rings (SSSR count). The molecule has 6 heteroatoms. The lowest BCUT2D eigenvalue weighted by atomic mass is 10.0. The van der Waals surface area contributed by atoms with E-state index < -0.39 is 5.72 Å². The second-order valence-electron chi connectivity index (χ2n) is 7.81. The maximum atomic E-state index is 11.9. The summed E-state index contributed by atoms with van der Waals surface area (Å²) in [4.78, 5) is 2.29. The summed E-state index contributed by atoms with van der Waals surface area (Å²) in [6.07, 6.45) is 4.28. The van der Waals surface area contributed by atoms with Gasteiger partial charge in [0.25, 0.3) is 11.6 Å². The lowest BCUT2D eigenvalue weighted by Gasteiger charge is -2.26. The molecule has 0 saturated carbocycles. The number of hydrogen-bond donors (Lipinski definition) is 1. The number of anilines is 1. The third-order valence-corrected chi connectivity index (χ3v) is 6.14. The van der Waals surface area contributed by atoms with Gasteiger partial charge in [0.05, 0.1) is 6.54 Å². The third kappa shape index (κ3) is 3.42. The highest BCUT2D eigenvalue weighted by molar-refractivity contribution is 5.96. The Morgan fingerprint density at radius 1 is 1.03 bits per heavy atom. The first kappa shape index (κ1) is 20.2. The predicted octanol–water partition coefficient (Wildman–Crippen LogP) is 0.284. The molecule has 0 bridgehead atoms. The summed E-state index contributed by atoms with van der Waals surface area (Å²) in [6.45, 7) is 4.68. The topological polar surface area (TPSA) is 44.9 Å². The van der Waals surface area contributed by atoms with Crippen molar-refractivity contribution in [3.05, 3.63) is 53.6 Å². The van der Waals surface area contributed by atoms with Gasteiger partial charge in [0, 0.05) is 12.0 Å². The van der Waals surface area contributed by atoms with Crippen LogP contribution in [-0.2, 0) is 12.1 Å². The van der Waals surface area contributed by atoms with Crippen LogP contribution in [-0.4, -0.2) is 41.8 Å². The molecular weight excluding hydrogens is 432 g/mol. The first-order valence-electron chi connectivity index (χ1n) is 10.3. The SMILES string of the molecule is CCc1ccc(N2CC(O)(c3ccc4c(c3)OCCO4)[N+]3=C2CCCC3)cc1.[Br-]. The molecule has 0 aromatic heterocycles. The van der Waals surface area contributed by atoms with Gasteiger partial charge in [-0.25, -0.2) is 9.48 Å². The van der Waals surface area contributed by atoms with Crippen LogP contribution in [0.15, 0.2) is 42.5 Å². The summed E-state index contributed by atoms with van der Waals surface area (Å²) in [7, 11) is 0. The van der Waals surface area contributed by atoms with E-state index in [9.17, 15) is 5.11 Å². The number of nitrogens with zero attached hydrogens (tertiary/aromatic N) is 2. The summed E-state index contributed by atoms with van der Waals surface area (Å²) >= 11 is 0. The number of hydrogen-bond acceptors (Lipinski definition) is 4. The first-order valence-corrected chi connectivity index (χ1v) is 10.3. The number of halogens is 1. The van der Waals surface area contributed by atoms with E-state index in [-0.39, 0.29) is 17.0 Å². The molecule has 0 amide bonds. The summed E-state index contributed by atoms with van der Waals surface area (Å²) in [5.41, 5.74) is 2.28. The molecule has 0 spiro atoms. The largest absolute Gasteiger partial charge is 1.00 e. The Kier molecular flexibility index (Phi) is 5.58. The lowest BCUT2D eigenvalue weighted by molar-refractivity contribution is -0.661. The van der Waals surface area contributed by atoms with Gasteiger partial charge < -0.3 is 31.6 Å². The molecule has 1 N–H and O–H groups in total. The minimum absolute atomic E-state index is 0. The average Bonchev–Trinajstić information content (AvgIpc) is 3.08. The molecular formula is C23H27BrN2O3.